The molecule has 8 nitrogen and oxygen atoms in total. The molecule has 1 aliphatic rings. The van der Waals surface area contributed by atoms with Crippen LogP contribution in [0.15, 0.2) is 18.2 Å². The highest BCUT2D eigenvalue weighted by molar-refractivity contribution is 8.14. The van der Waals surface area contributed by atoms with E-state index in [0.29, 0.717) is 11.3 Å². The average molecular weight is 337 g/mol. The molecular weight excluding hydrogens is 322 g/mol. The Morgan fingerprint density at radius 2 is 2.04 bits per heavy atom. The van der Waals surface area contributed by atoms with Crippen LogP contribution in [-0.4, -0.2) is 51.8 Å². The Balaban J connectivity index is 1.82. The van der Waals surface area contributed by atoms with Crippen LogP contribution in [0.4, 0.5) is 10.5 Å². The minimum absolute atomic E-state index is 0.00114. The van der Waals surface area contributed by atoms with Crippen molar-refractivity contribution in [3.63, 3.8) is 0 Å². The fourth-order valence-corrected chi connectivity index (χ4v) is 2.68. The maximum absolute atomic E-state index is 11.8. The number of hydrogen-bond acceptors (Lipinski definition) is 6. The molecular formula is C14H15N3O5S. The van der Waals surface area contributed by atoms with Gasteiger partial charge in [0.2, 0.25) is 5.91 Å². The number of thioether (sulfide) groups is 1. The number of imide groups is 1. The summed E-state index contributed by atoms with van der Waals surface area (Å²) in [7, 11) is 0. The molecule has 1 fully saturated rings. The number of carbonyl (C=O) groups is 4. The molecule has 23 heavy (non-hydrogen) atoms. The van der Waals surface area contributed by atoms with Crippen LogP contribution >= 0.6 is 11.8 Å². The number of carbonyl (C=O) groups excluding carboxylic acids is 4. The molecule has 1 aliphatic heterocycles. The van der Waals surface area contributed by atoms with Gasteiger partial charge < -0.3 is 15.7 Å². The lowest BCUT2D eigenvalue weighted by molar-refractivity contribution is -0.136. The topological polar surface area (TPSA) is 116 Å². The molecule has 9 heteroatoms. The monoisotopic (exact) mass is 337 g/mol. The van der Waals surface area contributed by atoms with Crippen LogP contribution in [0.5, 0.6) is 5.75 Å². The number of nitrogens with zero attached hydrogens (tertiary/aromatic N) is 1. The van der Waals surface area contributed by atoms with Gasteiger partial charge in [0.15, 0.2) is 0 Å². The van der Waals surface area contributed by atoms with Crippen LogP contribution in [0.1, 0.15) is 5.56 Å². The van der Waals surface area contributed by atoms with E-state index in [1.54, 1.807) is 6.92 Å². The number of hydrogen-bond donors (Lipinski definition) is 3. The second kappa shape index (κ2) is 7.14. The molecule has 1 aromatic carbocycles. The van der Waals surface area contributed by atoms with Gasteiger partial charge in [0.1, 0.15) is 5.75 Å². The van der Waals surface area contributed by atoms with Gasteiger partial charge in [0, 0.05) is 18.8 Å². The summed E-state index contributed by atoms with van der Waals surface area (Å²) in [4.78, 5) is 47.2. The standard InChI is InChI=1S/C14H15N3O5S/c1-8-6-9(18)2-3-10(8)16-13(21)12(20)15-4-5-17-11(19)7-23-14(17)22/h2-3,6,18H,4-5,7H2,1H3,(H,15,20)(H,16,21). The molecule has 0 atom stereocenters. The van der Waals surface area contributed by atoms with E-state index in [2.05, 4.69) is 10.6 Å². The van der Waals surface area contributed by atoms with Crippen molar-refractivity contribution >= 4 is 40.4 Å². The van der Waals surface area contributed by atoms with Crippen molar-refractivity contribution in [3.8, 4) is 5.75 Å². The first-order chi connectivity index (χ1) is 10.9. The van der Waals surface area contributed by atoms with E-state index in [4.69, 9.17) is 0 Å². The van der Waals surface area contributed by atoms with Gasteiger partial charge in [0.25, 0.3) is 5.24 Å². The SMILES string of the molecule is Cc1cc(O)ccc1NC(=O)C(=O)NCCN1C(=O)CSC1=O. The van der Waals surface area contributed by atoms with Crippen LogP contribution in [0.25, 0.3) is 0 Å². The molecule has 1 saturated heterocycles. The Kier molecular flexibility index (Phi) is 5.22. The van der Waals surface area contributed by atoms with Gasteiger partial charge in [-0.15, -0.1) is 0 Å². The molecule has 4 amide bonds. The van der Waals surface area contributed by atoms with Crippen molar-refractivity contribution in [3.05, 3.63) is 23.8 Å². The van der Waals surface area contributed by atoms with Crippen molar-refractivity contribution in [2.24, 2.45) is 0 Å². The Bertz CT molecular complexity index is 660. The van der Waals surface area contributed by atoms with Gasteiger partial charge in [-0.1, -0.05) is 11.8 Å². The molecule has 0 spiro atoms. The second-order valence-corrected chi connectivity index (χ2v) is 5.74. The molecule has 0 bridgehead atoms. The smallest absolute Gasteiger partial charge is 0.313 e. The maximum atomic E-state index is 11.8. The van der Waals surface area contributed by atoms with E-state index in [9.17, 15) is 24.3 Å². The van der Waals surface area contributed by atoms with E-state index in [1.165, 1.54) is 18.2 Å². The fraction of sp³-hybridized carbons (Fsp3) is 0.286. The van der Waals surface area contributed by atoms with E-state index in [1.807, 2.05) is 0 Å². The van der Waals surface area contributed by atoms with Crippen molar-refractivity contribution in [2.45, 2.75) is 6.92 Å². The summed E-state index contributed by atoms with van der Waals surface area (Å²) in [6.07, 6.45) is 0. The van der Waals surface area contributed by atoms with Crippen LogP contribution in [0.3, 0.4) is 0 Å². The summed E-state index contributed by atoms with van der Waals surface area (Å²) < 4.78 is 0. The lowest BCUT2D eigenvalue weighted by Crippen LogP contribution is -2.41. The summed E-state index contributed by atoms with van der Waals surface area (Å²) >= 11 is 0.908. The van der Waals surface area contributed by atoms with Gasteiger partial charge in [-0.2, -0.15) is 0 Å². The zero-order valence-electron chi connectivity index (χ0n) is 12.3. The molecule has 0 aliphatic carbocycles. The number of anilines is 1. The van der Waals surface area contributed by atoms with Crippen LogP contribution in [0, 0.1) is 6.92 Å². The molecule has 2 rings (SSSR count). The van der Waals surface area contributed by atoms with E-state index >= 15 is 0 Å². The molecule has 0 saturated carbocycles. The van der Waals surface area contributed by atoms with Gasteiger partial charge in [0.05, 0.1) is 5.75 Å². The third-order valence-electron chi connectivity index (χ3n) is 3.13. The number of benzene rings is 1. The van der Waals surface area contributed by atoms with Crippen molar-refractivity contribution in [2.75, 3.05) is 24.2 Å². The molecule has 122 valence electrons. The average Bonchev–Trinajstić information content (AvgIpc) is 2.81. The zero-order valence-corrected chi connectivity index (χ0v) is 13.1. The highest BCUT2D eigenvalue weighted by atomic mass is 32.2. The first kappa shape index (κ1) is 16.8. The van der Waals surface area contributed by atoms with E-state index in [-0.39, 0.29) is 35.7 Å². The Labute approximate surface area is 136 Å². The number of nitrogens with one attached hydrogen (secondary N) is 2. The predicted octanol–water partition coefficient (Wildman–Crippen LogP) is 0.451. The summed E-state index contributed by atoms with van der Waals surface area (Å²) in [6, 6.07) is 4.33. The number of aromatic hydroxyl groups is 1. The maximum Gasteiger partial charge on any atom is 0.313 e. The molecule has 1 aromatic rings. The molecule has 0 radical (unpaired) electrons. The number of phenols is 1. The van der Waals surface area contributed by atoms with Gasteiger partial charge >= 0.3 is 11.8 Å². The van der Waals surface area contributed by atoms with Crippen molar-refractivity contribution in [1.82, 2.24) is 10.2 Å². The van der Waals surface area contributed by atoms with Crippen LogP contribution < -0.4 is 10.6 Å². The molecule has 0 aromatic heterocycles. The summed E-state index contributed by atoms with van der Waals surface area (Å²) in [5.41, 5.74) is 1.01. The summed E-state index contributed by atoms with van der Waals surface area (Å²) in [5.74, 6) is -1.88. The zero-order chi connectivity index (χ0) is 17.0. The lowest BCUT2D eigenvalue weighted by Gasteiger charge is -2.13. The second-order valence-electron chi connectivity index (χ2n) is 4.81. The molecule has 0 unspecified atom stereocenters. The molecule has 1 heterocycles. The first-order valence-corrected chi connectivity index (χ1v) is 7.73. The quantitative estimate of drug-likeness (QED) is 0.543. The Morgan fingerprint density at radius 3 is 2.65 bits per heavy atom. The van der Waals surface area contributed by atoms with E-state index < -0.39 is 11.8 Å². The van der Waals surface area contributed by atoms with Crippen LogP contribution in [0.2, 0.25) is 0 Å². The largest absolute Gasteiger partial charge is 0.508 e. The Morgan fingerprint density at radius 1 is 1.30 bits per heavy atom. The third-order valence-corrected chi connectivity index (χ3v) is 3.98. The highest BCUT2D eigenvalue weighted by Crippen LogP contribution is 2.20. The van der Waals surface area contributed by atoms with Gasteiger partial charge in [-0.25, -0.2) is 0 Å². The van der Waals surface area contributed by atoms with E-state index in [0.717, 1.165) is 16.7 Å². The summed E-state index contributed by atoms with van der Waals surface area (Å²) in [6.45, 7) is 1.70. The van der Waals surface area contributed by atoms with Crippen molar-refractivity contribution < 1.29 is 24.3 Å². The minimum atomic E-state index is -0.871. The van der Waals surface area contributed by atoms with Gasteiger partial charge in [-0.05, 0) is 30.7 Å². The molecule has 3 N–H and O–H groups in total. The number of aryl methyl sites for hydroxylation is 1. The fourth-order valence-electron chi connectivity index (χ4n) is 1.93. The lowest BCUT2D eigenvalue weighted by atomic mass is 10.2. The highest BCUT2D eigenvalue weighted by Gasteiger charge is 2.29. The number of amides is 4. The van der Waals surface area contributed by atoms with Crippen molar-refractivity contribution in [1.29, 1.82) is 0 Å². The number of rotatable bonds is 4. The normalized spacial score (nSPS) is 14.0. The first-order valence-electron chi connectivity index (χ1n) is 6.74. The minimum Gasteiger partial charge on any atom is -0.508 e. The Hall–Kier alpha value is -2.55. The van der Waals surface area contributed by atoms with Crippen LogP contribution in [-0.2, 0) is 14.4 Å². The predicted molar refractivity (Wildman–Crippen MR) is 84.1 cm³/mol. The summed E-state index contributed by atoms with van der Waals surface area (Å²) in [5, 5.41) is 13.7. The third kappa shape index (κ3) is 4.22. The number of phenolic OH excluding ortho intramolecular Hbond substituents is 1. The van der Waals surface area contributed by atoms with Gasteiger partial charge in [-0.3, -0.25) is 24.1 Å².